The normalized spacial score (nSPS) is 11.1. The molecule has 0 fully saturated rings. The third-order valence-corrected chi connectivity index (χ3v) is 5.52. The molecule has 4 rings (SSSR count). The van der Waals surface area contributed by atoms with Gasteiger partial charge in [-0.3, -0.25) is 4.79 Å². The molecule has 0 bridgehead atoms. The van der Waals surface area contributed by atoms with Gasteiger partial charge in [0.15, 0.2) is 0 Å². The number of ether oxygens (including phenoxy) is 1. The second-order valence-electron chi connectivity index (χ2n) is 6.69. The summed E-state index contributed by atoms with van der Waals surface area (Å²) in [4.78, 5) is 14.1. The molecule has 1 heterocycles. The van der Waals surface area contributed by atoms with E-state index in [-0.39, 0.29) is 11.9 Å². The van der Waals surface area contributed by atoms with Crippen LogP contribution in [0.15, 0.2) is 78.9 Å². The largest absolute Gasteiger partial charge is 0.491 e. The summed E-state index contributed by atoms with van der Waals surface area (Å²) in [5.41, 5.74) is 2.76. The van der Waals surface area contributed by atoms with E-state index in [2.05, 4.69) is 24.3 Å². The minimum absolute atomic E-state index is 0.0474. The van der Waals surface area contributed by atoms with Gasteiger partial charge < -0.3 is 4.74 Å². The zero-order valence-corrected chi connectivity index (χ0v) is 16.1. The minimum Gasteiger partial charge on any atom is -0.491 e. The zero-order valence-electron chi connectivity index (χ0n) is 15.3. The summed E-state index contributed by atoms with van der Waals surface area (Å²) in [7, 11) is 0. The summed E-state index contributed by atoms with van der Waals surface area (Å²) in [6.45, 7) is 3.98. The number of carbonyl (C=O) groups excluding carboxylic acids is 1. The fourth-order valence-corrected chi connectivity index (χ4v) is 4.37. The Labute approximate surface area is 163 Å². The Morgan fingerprint density at radius 3 is 2.22 bits per heavy atom. The van der Waals surface area contributed by atoms with Crippen molar-refractivity contribution in [2.45, 2.75) is 20.0 Å². The quantitative estimate of drug-likeness (QED) is 0.370. The molecule has 0 aliphatic rings. The molecule has 3 heteroatoms. The molecule has 134 valence electrons. The second-order valence-corrected chi connectivity index (χ2v) is 7.74. The molecule has 0 spiro atoms. The van der Waals surface area contributed by atoms with Gasteiger partial charge in [-0.15, -0.1) is 11.3 Å². The molecule has 1 aromatic heterocycles. The maximum atomic E-state index is 13.3. The van der Waals surface area contributed by atoms with Crippen LogP contribution in [0.25, 0.3) is 21.2 Å². The molecular weight excluding hydrogens is 352 g/mol. The monoisotopic (exact) mass is 372 g/mol. The summed E-state index contributed by atoms with van der Waals surface area (Å²) >= 11 is 1.56. The van der Waals surface area contributed by atoms with E-state index in [1.807, 2.05) is 68.4 Å². The second kappa shape index (κ2) is 7.37. The van der Waals surface area contributed by atoms with Crippen molar-refractivity contribution in [1.29, 1.82) is 0 Å². The third kappa shape index (κ3) is 3.51. The fraction of sp³-hybridized carbons (Fsp3) is 0.125. The van der Waals surface area contributed by atoms with E-state index < -0.39 is 0 Å². The van der Waals surface area contributed by atoms with Gasteiger partial charge in [0.25, 0.3) is 0 Å². The highest BCUT2D eigenvalue weighted by Gasteiger charge is 2.20. The molecule has 4 aromatic rings. The highest BCUT2D eigenvalue weighted by molar-refractivity contribution is 7.21. The predicted molar refractivity (Wildman–Crippen MR) is 113 cm³/mol. The van der Waals surface area contributed by atoms with E-state index >= 15 is 0 Å². The SMILES string of the molecule is CC(C)Oc1ccc(C(=O)c2sc3ccccc3c2-c2ccccc2)cc1. The first kappa shape index (κ1) is 17.5. The van der Waals surface area contributed by atoms with Crippen LogP contribution < -0.4 is 4.74 Å². The van der Waals surface area contributed by atoms with E-state index in [1.54, 1.807) is 11.3 Å². The molecule has 27 heavy (non-hydrogen) atoms. The van der Waals surface area contributed by atoms with Crippen LogP contribution in [0.4, 0.5) is 0 Å². The molecule has 0 unspecified atom stereocenters. The van der Waals surface area contributed by atoms with Crippen molar-refractivity contribution < 1.29 is 9.53 Å². The van der Waals surface area contributed by atoms with Gasteiger partial charge in [-0.2, -0.15) is 0 Å². The van der Waals surface area contributed by atoms with E-state index in [4.69, 9.17) is 4.74 Å². The number of rotatable bonds is 5. The first-order valence-corrected chi connectivity index (χ1v) is 9.83. The smallest absolute Gasteiger partial charge is 0.203 e. The number of hydrogen-bond donors (Lipinski definition) is 0. The van der Waals surface area contributed by atoms with Crippen molar-refractivity contribution in [2.24, 2.45) is 0 Å². The van der Waals surface area contributed by atoms with Gasteiger partial charge in [-0.25, -0.2) is 0 Å². The maximum Gasteiger partial charge on any atom is 0.203 e. The van der Waals surface area contributed by atoms with Crippen molar-refractivity contribution in [3.8, 4) is 16.9 Å². The van der Waals surface area contributed by atoms with E-state index in [0.717, 1.165) is 31.8 Å². The molecule has 3 aromatic carbocycles. The van der Waals surface area contributed by atoms with Crippen molar-refractivity contribution in [3.05, 3.63) is 89.3 Å². The zero-order chi connectivity index (χ0) is 18.8. The Bertz CT molecular complexity index is 1080. The van der Waals surface area contributed by atoms with Gasteiger partial charge in [-0.05, 0) is 49.7 Å². The third-order valence-electron chi connectivity index (χ3n) is 4.35. The number of carbonyl (C=O) groups is 1. The average molecular weight is 372 g/mol. The van der Waals surface area contributed by atoms with Gasteiger partial charge >= 0.3 is 0 Å². The van der Waals surface area contributed by atoms with Crippen LogP contribution in [0.5, 0.6) is 5.75 Å². The summed E-state index contributed by atoms with van der Waals surface area (Å²) in [6.07, 6.45) is 0.110. The molecule has 0 saturated carbocycles. The van der Waals surface area contributed by atoms with Gasteiger partial charge in [0.05, 0.1) is 11.0 Å². The van der Waals surface area contributed by atoms with Crippen LogP contribution in [0.2, 0.25) is 0 Å². The number of hydrogen-bond acceptors (Lipinski definition) is 3. The minimum atomic E-state index is 0.0474. The average Bonchev–Trinajstić information content (AvgIpc) is 3.08. The lowest BCUT2D eigenvalue weighted by molar-refractivity contribution is 0.104. The summed E-state index contributed by atoms with van der Waals surface area (Å²) in [5, 5.41) is 1.12. The number of thiophene rings is 1. The molecule has 0 N–H and O–H groups in total. The van der Waals surface area contributed by atoms with E-state index in [0.29, 0.717) is 5.56 Å². The molecule has 0 saturated heterocycles. The van der Waals surface area contributed by atoms with Crippen LogP contribution in [0, 0.1) is 0 Å². The Balaban J connectivity index is 1.80. The van der Waals surface area contributed by atoms with Crippen LogP contribution in [0.3, 0.4) is 0 Å². The Kier molecular flexibility index (Phi) is 4.78. The number of benzene rings is 3. The molecule has 0 atom stereocenters. The van der Waals surface area contributed by atoms with Gasteiger partial charge in [0.1, 0.15) is 5.75 Å². The van der Waals surface area contributed by atoms with Crippen molar-refractivity contribution in [1.82, 2.24) is 0 Å². The first-order valence-electron chi connectivity index (χ1n) is 9.02. The number of fused-ring (bicyclic) bond motifs is 1. The molecular formula is C24H20O2S. The van der Waals surface area contributed by atoms with Gasteiger partial charge in [0, 0.05) is 21.2 Å². The topological polar surface area (TPSA) is 26.3 Å². The van der Waals surface area contributed by atoms with Gasteiger partial charge in [0.2, 0.25) is 5.78 Å². The Morgan fingerprint density at radius 2 is 1.52 bits per heavy atom. The van der Waals surface area contributed by atoms with Crippen molar-refractivity contribution in [2.75, 3.05) is 0 Å². The lowest BCUT2D eigenvalue weighted by Crippen LogP contribution is -2.06. The molecule has 0 radical (unpaired) electrons. The van der Waals surface area contributed by atoms with Crippen LogP contribution in [-0.4, -0.2) is 11.9 Å². The van der Waals surface area contributed by atoms with Gasteiger partial charge in [-0.1, -0.05) is 48.5 Å². The standard InChI is InChI=1S/C24H20O2S/c1-16(2)26-19-14-12-18(13-15-19)23(25)24-22(17-8-4-3-5-9-17)20-10-6-7-11-21(20)27-24/h3-16H,1-2H3. The molecule has 0 aliphatic heterocycles. The summed E-state index contributed by atoms with van der Waals surface area (Å²) in [6, 6.07) is 25.7. The van der Waals surface area contributed by atoms with Crippen LogP contribution in [-0.2, 0) is 0 Å². The van der Waals surface area contributed by atoms with Crippen LogP contribution in [0.1, 0.15) is 29.1 Å². The predicted octanol–water partition coefficient (Wildman–Crippen LogP) is 6.59. The van der Waals surface area contributed by atoms with Crippen molar-refractivity contribution in [3.63, 3.8) is 0 Å². The van der Waals surface area contributed by atoms with Crippen LogP contribution >= 0.6 is 11.3 Å². The Morgan fingerprint density at radius 1 is 0.852 bits per heavy atom. The first-order chi connectivity index (χ1) is 13.1. The highest BCUT2D eigenvalue weighted by Crippen LogP contribution is 2.39. The molecule has 2 nitrogen and oxygen atoms in total. The fourth-order valence-electron chi connectivity index (χ4n) is 3.18. The molecule has 0 aliphatic carbocycles. The van der Waals surface area contributed by atoms with E-state index in [1.165, 1.54) is 0 Å². The Hall–Kier alpha value is -2.91. The lowest BCUT2D eigenvalue weighted by Gasteiger charge is -2.10. The number of ketones is 1. The lowest BCUT2D eigenvalue weighted by atomic mass is 9.98. The molecule has 0 amide bonds. The summed E-state index contributed by atoms with van der Waals surface area (Å²) < 4.78 is 6.81. The maximum absolute atomic E-state index is 13.3. The summed E-state index contributed by atoms with van der Waals surface area (Å²) in [5.74, 6) is 0.826. The van der Waals surface area contributed by atoms with E-state index in [9.17, 15) is 4.79 Å². The van der Waals surface area contributed by atoms with Crippen molar-refractivity contribution >= 4 is 27.2 Å². The highest BCUT2D eigenvalue weighted by atomic mass is 32.1.